The summed E-state index contributed by atoms with van der Waals surface area (Å²) >= 11 is 0. The number of halogens is 1. The molecular formula is C22H35IN6O. The number of guanidine groups is 1. The Labute approximate surface area is 197 Å². The summed E-state index contributed by atoms with van der Waals surface area (Å²) in [6.45, 7) is 5.50. The highest BCUT2D eigenvalue weighted by molar-refractivity contribution is 14.0. The Bertz CT molecular complexity index is 807. The number of aliphatic imine (C=N–C) groups is 1. The summed E-state index contributed by atoms with van der Waals surface area (Å²) in [4.78, 5) is 6.97. The zero-order chi connectivity index (χ0) is 20.5. The topological polar surface area (TPSA) is 67.6 Å². The second kappa shape index (κ2) is 12.8. The van der Waals surface area contributed by atoms with E-state index in [1.807, 2.05) is 18.2 Å². The Hall–Kier alpha value is -1.84. The molecule has 166 valence electrons. The number of nitrogens with one attached hydrogen (secondary N) is 1. The molecule has 0 atom stereocenters. The van der Waals surface area contributed by atoms with Crippen LogP contribution in [0.4, 0.5) is 0 Å². The van der Waals surface area contributed by atoms with Crippen LogP contribution in [-0.4, -0.2) is 52.9 Å². The first-order valence-corrected chi connectivity index (χ1v) is 10.7. The van der Waals surface area contributed by atoms with E-state index in [-0.39, 0.29) is 24.0 Å². The molecule has 0 saturated heterocycles. The maximum Gasteiger partial charge on any atom is 0.193 e. The van der Waals surface area contributed by atoms with Gasteiger partial charge in [-0.05, 0) is 32.3 Å². The molecule has 1 aromatic carbocycles. The summed E-state index contributed by atoms with van der Waals surface area (Å²) in [7, 11) is 3.77. The first-order chi connectivity index (χ1) is 14.2. The van der Waals surface area contributed by atoms with Crippen molar-refractivity contribution in [2.75, 3.05) is 27.2 Å². The standard InChI is InChI=1S/C22H34N6O.HI/c1-4-23-22(27(2)17-18-11-7-8-12-19(18)29-3)24-15-10-14-21-26-25-20-13-6-5-9-16-28(20)21;/h7-8,11-12H,4-6,9-10,13-17H2,1-3H3,(H,23,24);1H. The average Bonchev–Trinajstić information content (AvgIpc) is 2.96. The summed E-state index contributed by atoms with van der Waals surface area (Å²) < 4.78 is 7.81. The van der Waals surface area contributed by atoms with E-state index in [4.69, 9.17) is 9.73 Å². The number of benzene rings is 1. The second-order valence-corrected chi connectivity index (χ2v) is 7.50. The van der Waals surface area contributed by atoms with Gasteiger partial charge in [0.05, 0.1) is 7.11 Å². The van der Waals surface area contributed by atoms with Crippen LogP contribution in [0.1, 0.15) is 49.8 Å². The lowest BCUT2D eigenvalue weighted by atomic mass is 10.2. The van der Waals surface area contributed by atoms with Gasteiger partial charge in [0, 0.05) is 51.6 Å². The molecule has 0 radical (unpaired) electrons. The molecule has 0 aliphatic carbocycles. The molecule has 7 nitrogen and oxygen atoms in total. The molecule has 0 bridgehead atoms. The molecule has 8 heteroatoms. The van der Waals surface area contributed by atoms with E-state index in [2.05, 4.69) is 45.0 Å². The molecule has 2 heterocycles. The Morgan fingerprint density at radius 1 is 1.23 bits per heavy atom. The summed E-state index contributed by atoms with van der Waals surface area (Å²) in [6.07, 6.45) is 6.70. The van der Waals surface area contributed by atoms with Crippen molar-refractivity contribution >= 4 is 29.9 Å². The minimum absolute atomic E-state index is 0. The smallest absolute Gasteiger partial charge is 0.193 e. The SMILES string of the molecule is CCNC(=NCCCc1nnc2n1CCCCC2)N(C)Cc1ccccc1OC.I. The molecule has 0 saturated carbocycles. The Balaban J connectivity index is 0.00000320. The molecule has 0 amide bonds. The van der Waals surface area contributed by atoms with E-state index in [0.29, 0.717) is 0 Å². The van der Waals surface area contributed by atoms with Gasteiger partial charge in [0.1, 0.15) is 17.4 Å². The van der Waals surface area contributed by atoms with Crippen molar-refractivity contribution in [1.29, 1.82) is 0 Å². The highest BCUT2D eigenvalue weighted by Crippen LogP contribution is 2.19. The molecular weight excluding hydrogens is 491 g/mol. The molecule has 0 fully saturated rings. The Morgan fingerprint density at radius 3 is 2.87 bits per heavy atom. The van der Waals surface area contributed by atoms with Crippen molar-refractivity contribution < 1.29 is 4.74 Å². The summed E-state index contributed by atoms with van der Waals surface area (Å²) in [5, 5.41) is 12.2. The first-order valence-electron chi connectivity index (χ1n) is 10.7. The largest absolute Gasteiger partial charge is 0.496 e. The normalized spacial score (nSPS) is 13.8. The van der Waals surface area contributed by atoms with Crippen LogP contribution >= 0.6 is 24.0 Å². The number of para-hydroxylation sites is 1. The summed E-state index contributed by atoms with van der Waals surface area (Å²) in [5.74, 6) is 4.09. The van der Waals surface area contributed by atoms with Crippen LogP contribution in [0.25, 0.3) is 0 Å². The number of aromatic nitrogens is 3. The van der Waals surface area contributed by atoms with Gasteiger partial charge in [-0.25, -0.2) is 0 Å². The number of rotatable bonds is 8. The lowest BCUT2D eigenvalue weighted by Crippen LogP contribution is -2.38. The zero-order valence-corrected chi connectivity index (χ0v) is 20.8. The quantitative estimate of drug-likeness (QED) is 0.246. The third-order valence-electron chi connectivity index (χ3n) is 5.30. The number of ether oxygens (including phenoxy) is 1. The third kappa shape index (κ3) is 6.58. The van der Waals surface area contributed by atoms with Crippen molar-refractivity contribution in [3.8, 4) is 5.75 Å². The second-order valence-electron chi connectivity index (χ2n) is 7.50. The lowest BCUT2D eigenvalue weighted by Gasteiger charge is -2.23. The molecule has 1 aliphatic rings. The molecule has 1 aromatic heterocycles. The number of fused-ring (bicyclic) bond motifs is 1. The zero-order valence-electron chi connectivity index (χ0n) is 18.4. The van der Waals surface area contributed by atoms with Crippen molar-refractivity contribution in [2.24, 2.45) is 4.99 Å². The van der Waals surface area contributed by atoms with E-state index in [1.165, 1.54) is 19.3 Å². The number of hydrogen-bond acceptors (Lipinski definition) is 4. The Morgan fingerprint density at radius 2 is 2.07 bits per heavy atom. The van der Waals surface area contributed by atoms with Crippen LogP contribution in [0.2, 0.25) is 0 Å². The van der Waals surface area contributed by atoms with E-state index < -0.39 is 0 Å². The molecule has 1 aliphatic heterocycles. The Kier molecular flexibility index (Phi) is 10.4. The highest BCUT2D eigenvalue weighted by Gasteiger charge is 2.14. The minimum Gasteiger partial charge on any atom is -0.496 e. The van der Waals surface area contributed by atoms with Gasteiger partial charge in [0.2, 0.25) is 0 Å². The summed E-state index contributed by atoms with van der Waals surface area (Å²) in [6, 6.07) is 8.12. The van der Waals surface area contributed by atoms with Crippen molar-refractivity contribution in [3.05, 3.63) is 41.5 Å². The maximum atomic E-state index is 5.48. The molecule has 0 unspecified atom stereocenters. The van der Waals surface area contributed by atoms with Crippen molar-refractivity contribution in [3.63, 3.8) is 0 Å². The van der Waals surface area contributed by atoms with Crippen molar-refractivity contribution in [1.82, 2.24) is 25.0 Å². The maximum absolute atomic E-state index is 5.48. The molecule has 1 N–H and O–H groups in total. The van der Waals surface area contributed by atoms with Gasteiger partial charge in [0.25, 0.3) is 0 Å². The predicted molar refractivity (Wildman–Crippen MR) is 132 cm³/mol. The van der Waals surface area contributed by atoms with Gasteiger partial charge in [0.15, 0.2) is 5.96 Å². The van der Waals surface area contributed by atoms with Crippen LogP contribution < -0.4 is 10.1 Å². The van der Waals surface area contributed by atoms with Gasteiger partial charge in [-0.1, -0.05) is 24.6 Å². The van der Waals surface area contributed by atoms with E-state index in [1.54, 1.807) is 7.11 Å². The monoisotopic (exact) mass is 526 g/mol. The van der Waals surface area contributed by atoms with Gasteiger partial charge in [-0.3, -0.25) is 4.99 Å². The third-order valence-corrected chi connectivity index (χ3v) is 5.30. The highest BCUT2D eigenvalue weighted by atomic mass is 127. The fourth-order valence-electron chi connectivity index (χ4n) is 3.79. The number of methoxy groups -OCH3 is 1. The van der Waals surface area contributed by atoms with Crippen LogP contribution in [0, 0.1) is 0 Å². The molecule has 3 rings (SSSR count). The van der Waals surface area contributed by atoms with Gasteiger partial charge < -0.3 is 19.5 Å². The number of nitrogens with zero attached hydrogens (tertiary/aromatic N) is 5. The molecule has 2 aromatic rings. The van der Waals surface area contributed by atoms with E-state index >= 15 is 0 Å². The van der Waals surface area contributed by atoms with E-state index in [0.717, 1.165) is 74.4 Å². The van der Waals surface area contributed by atoms with Crippen LogP contribution in [0.5, 0.6) is 5.75 Å². The van der Waals surface area contributed by atoms with Gasteiger partial charge in [-0.15, -0.1) is 34.2 Å². The van der Waals surface area contributed by atoms with Crippen molar-refractivity contribution in [2.45, 2.75) is 58.5 Å². The van der Waals surface area contributed by atoms with Crippen LogP contribution in [0.15, 0.2) is 29.3 Å². The lowest BCUT2D eigenvalue weighted by molar-refractivity contribution is 0.396. The fourth-order valence-corrected chi connectivity index (χ4v) is 3.79. The average molecular weight is 526 g/mol. The number of aryl methyl sites for hydroxylation is 2. The van der Waals surface area contributed by atoms with E-state index in [9.17, 15) is 0 Å². The fraction of sp³-hybridized carbons (Fsp3) is 0.591. The molecule has 30 heavy (non-hydrogen) atoms. The van der Waals surface area contributed by atoms with Crippen LogP contribution in [-0.2, 0) is 25.9 Å². The van der Waals surface area contributed by atoms with Crippen LogP contribution in [0.3, 0.4) is 0 Å². The minimum atomic E-state index is 0. The summed E-state index contributed by atoms with van der Waals surface area (Å²) in [5.41, 5.74) is 1.15. The number of hydrogen-bond donors (Lipinski definition) is 1. The van der Waals surface area contributed by atoms with Gasteiger partial charge in [-0.2, -0.15) is 0 Å². The first kappa shape index (κ1) is 24.4. The predicted octanol–water partition coefficient (Wildman–Crippen LogP) is 3.66. The van der Waals surface area contributed by atoms with Gasteiger partial charge >= 0.3 is 0 Å². The molecule has 0 spiro atoms.